The molecule has 0 spiro atoms. The third kappa shape index (κ3) is 3.52. The molecule has 3 atom stereocenters. The lowest BCUT2D eigenvalue weighted by molar-refractivity contribution is -0.129. The molecule has 1 amide bonds. The van der Waals surface area contributed by atoms with Gasteiger partial charge >= 0.3 is 0 Å². The third-order valence-corrected chi connectivity index (χ3v) is 3.00. The van der Waals surface area contributed by atoms with E-state index in [-0.39, 0.29) is 12.5 Å². The number of nitrogens with zero attached hydrogens (tertiary/aromatic N) is 2. The monoisotopic (exact) mass is 211 g/mol. The smallest absolute Gasteiger partial charge is 0.236 e. The van der Waals surface area contributed by atoms with Crippen molar-refractivity contribution in [3.8, 4) is 6.07 Å². The summed E-state index contributed by atoms with van der Waals surface area (Å²) in [6.45, 7) is 5.93. The van der Waals surface area contributed by atoms with Crippen LogP contribution in [0.4, 0.5) is 0 Å². The lowest BCUT2D eigenvalue weighted by Crippen LogP contribution is -2.35. The van der Waals surface area contributed by atoms with Crippen molar-refractivity contribution in [2.75, 3.05) is 13.6 Å². The standard InChI is InChI=1S/C9H18N2O.C2H3N/c1-4-7-6(2)9(7)11(3)8(12)5-10;1-2-3/h6-7,9H,4-5,10H2,1-3H3;1H3. The summed E-state index contributed by atoms with van der Waals surface area (Å²) in [6, 6.07) is 2.20. The average molecular weight is 211 g/mol. The summed E-state index contributed by atoms with van der Waals surface area (Å²) >= 11 is 0. The van der Waals surface area contributed by atoms with E-state index in [9.17, 15) is 4.79 Å². The quantitative estimate of drug-likeness (QED) is 0.756. The lowest BCUT2D eigenvalue weighted by Gasteiger charge is -2.16. The van der Waals surface area contributed by atoms with E-state index in [2.05, 4.69) is 13.8 Å². The van der Waals surface area contributed by atoms with Crippen molar-refractivity contribution in [2.45, 2.75) is 33.2 Å². The van der Waals surface area contributed by atoms with Gasteiger partial charge in [-0.05, 0) is 11.8 Å². The van der Waals surface area contributed by atoms with Crippen molar-refractivity contribution in [3.63, 3.8) is 0 Å². The Balaban J connectivity index is 0.000000583. The highest BCUT2D eigenvalue weighted by molar-refractivity contribution is 5.78. The van der Waals surface area contributed by atoms with Crippen LogP contribution in [0.1, 0.15) is 27.2 Å². The maximum absolute atomic E-state index is 11.2. The zero-order valence-electron chi connectivity index (χ0n) is 10.0. The zero-order chi connectivity index (χ0) is 12.0. The molecule has 0 aromatic rings. The molecule has 0 bridgehead atoms. The van der Waals surface area contributed by atoms with Crippen molar-refractivity contribution in [1.29, 1.82) is 5.26 Å². The van der Waals surface area contributed by atoms with E-state index in [1.807, 2.05) is 7.05 Å². The Morgan fingerprint density at radius 2 is 2.07 bits per heavy atom. The Hall–Kier alpha value is -1.08. The van der Waals surface area contributed by atoms with E-state index < -0.39 is 0 Å². The summed E-state index contributed by atoms with van der Waals surface area (Å²) in [5, 5.41) is 7.32. The van der Waals surface area contributed by atoms with E-state index in [1.54, 1.807) is 11.0 Å². The van der Waals surface area contributed by atoms with Gasteiger partial charge in [0.15, 0.2) is 0 Å². The van der Waals surface area contributed by atoms with Gasteiger partial charge in [0.2, 0.25) is 5.91 Å². The Kier molecular flexibility index (Phi) is 5.95. The second-order valence-corrected chi connectivity index (χ2v) is 3.85. The number of nitrogens with two attached hydrogens (primary N) is 1. The summed E-state index contributed by atoms with van der Waals surface area (Å²) in [6.07, 6.45) is 1.16. The van der Waals surface area contributed by atoms with E-state index in [4.69, 9.17) is 11.0 Å². The van der Waals surface area contributed by atoms with Crippen LogP contribution in [0.15, 0.2) is 0 Å². The van der Waals surface area contributed by atoms with Crippen LogP contribution in [-0.4, -0.2) is 30.4 Å². The number of carbonyl (C=O) groups is 1. The molecule has 1 rings (SSSR count). The molecule has 3 unspecified atom stereocenters. The molecule has 0 aliphatic heterocycles. The molecule has 4 nitrogen and oxygen atoms in total. The fourth-order valence-corrected chi connectivity index (χ4v) is 2.09. The summed E-state index contributed by atoms with van der Waals surface area (Å²) < 4.78 is 0. The predicted molar refractivity (Wildman–Crippen MR) is 59.8 cm³/mol. The number of amides is 1. The van der Waals surface area contributed by atoms with Gasteiger partial charge in [0.25, 0.3) is 0 Å². The maximum Gasteiger partial charge on any atom is 0.236 e. The molecule has 0 radical (unpaired) electrons. The topological polar surface area (TPSA) is 70.1 Å². The molecule has 1 aliphatic rings. The van der Waals surface area contributed by atoms with E-state index in [0.29, 0.717) is 17.9 Å². The number of carbonyl (C=O) groups excluding carboxylic acids is 1. The van der Waals surface area contributed by atoms with Gasteiger partial charge in [-0.1, -0.05) is 20.3 Å². The minimum Gasteiger partial charge on any atom is -0.341 e. The predicted octanol–water partition coefficient (Wildman–Crippen LogP) is 0.978. The minimum atomic E-state index is 0.0581. The van der Waals surface area contributed by atoms with Gasteiger partial charge in [-0.15, -0.1) is 0 Å². The molecule has 1 fully saturated rings. The fourth-order valence-electron chi connectivity index (χ4n) is 2.09. The maximum atomic E-state index is 11.2. The Morgan fingerprint density at radius 1 is 1.60 bits per heavy atom. The molecule has 0 saturated heterocycles. The number of hydrogen-bond acceptors (Lipinski definition) is 3. The molecule has 86 valence electrons. The first-order valence-corrected chi connectivity index (χ1v) is 5.31. The Labute approximate surface area is 92.0 Å². The van der Waals surface area contributed by atoms with Crippen LogP contribution in [0, 0.1) is 23.2 Å². The third-order valence-electron chi connectivity index (χ3n) is 3.00. The second-order valence-electron chi connectivity index (χ2n) is 3.85. The minimum absolute atomic E-state index is 0.0581. The summed E-state index contributed by atoms with van der Waals surface area (Å²) in [7, 11) is 1.85. The van der Waals surface area contributed by atoms with Crippen molar-refractivity contribution in [3.05, 3.63) is 0 Å². The van der Waals surface area contributed by atoms with Crippen molar-refractivity contribution in [2.24, 2.45) is 17.6 Å². The van der Waals surface area contributed by atoms with Crippen LogP contribution in [0.25, 0.3) is 0 Å². The van der Waals surface area contributed by atoms with Crippen LogP contribution >= 0.6 is 0 Å². The average Bonchev–Trinajstić information content (AvgIpc) is 2.88. The summed E-state index contributed by atoms with van der Waals surface area (Å²) in [5.74, 6) is 1.42. The second kappa shape index (κ2) is 6.41. The molecular weight excluding hydrogens is 190 g/mol. The van der Waals surface area contributed by atoms with Gasteiger partial charge in [0.05, 0.1) is 12.6 Å². The van der Waals surface area contributed by atoms with Crippen LogP contribution < -0.4 is 5.73 Å². The van der Waals surface area contributed by atoms with Crippen molar-refractivity contribution in [1.82, 2.24) is 4.90 Å². The van der Waals surface area contributed by atoms with Crippen molar-refractivity contribution >= 4 is 5.91 Å². The zero-order valence-corrected chi connectivity index (χ0v) is 10.0. The molecule has 1 saturated carbocycles. The highest BCUT2D eigenvalue weighted by Crippen LogP contribution is 2.44. The van der Waals surface area contributed by atoms with Gasteiger partial charge < -0.3 is 10.6 Å². The van der Waals surface area contributed by atoms with Gasteiger partial charge in [-0.25, -0.2) is 0 Å². The molecule has 2 N–H and O–H groups in total. The van der Waals surface area contributed by atoms with Gasteiger partial charge in [-0.2, -0.15) is 5.26 Å². The lowest BCUT2D eigenvalue weighted by atomic mass is 10.3. The van der Waals surface area contributed by atoms with Crippen LogP contribution in [0.5, 0.6) is 0 Å². The first-order chi connectivity index (χ1) is 7.04. The number of rotatable bonds is 3. The highest BCUT2D eigenvalue weighted by Gasteiger charge is 2.48. The molecule has 1 aliphatic carbocycles. The molecule has 0 aromatic carbocycles. The van der Waals surface area contributed by atoms with Crippen LogP contribution in [0.2, 0.25) is 0 Å². The fraction of sp³-hybridized carbons (Fsp3) is 0.818. The van der Waals surface area contributed by atoms with E-state index >= 15 is 0 Å². The van der Waals surface area contributed by atoms with E-state index in [1.165, 1.54) is 6.92 Å². The number of hydrogen-bond donors (Lipinski definition) is 1. The van der Waals surface area contributed by atoms with Gasteiger partial charge in [-0.3, -0.25) is 4.79 Å². The van der Waals surface area contributed by atoms with Crippen molar-refractivity contribution < 1.29 is 4.79 Å². The Bertz CT molecular complexity index is 247. The Morgan fingerprint density at radius 3 is 2.33 bits per heavy atom. The molecule has 0 aromatic heterocycles. The molecular formula is C11H21N3O. The first-order valence-electron chi connectivity index (χ1n) is 5.31. The first kappa shape index (κ1) is 13.9. The molecule has 15 heavy (non-hydrogen) atoms. The van der Waals surface area contributed by atoms with Crippen LogP contribution in [0.3, 0.4) is 0 Å². The van der Waals surface area contributed by atoms with E-state index in [0.717, 1.165) is 6.42 Å². The SMILES string of the molecule is CC#N.CCC1C(C)C1N(C)C(=O)CN. The van der Waals surface area contributed by atoms with Gasteiger partial charge in [0.1, 0.15) is 0 Å². The molecule has 0 heterocycles. The number of nitriles is 1. The normalized spacial score (nSPS) is 27.1. The summed E-state index contributed by atoms with van der Waals surface area (Å²) in [5.41, 5.74) is 5.28. The molecule has 4 heteroatoms. The van der Waals surface area contributed by atoms with Gasteiger partial charge in [0, 0.05) is 20.0 Å². The number of likely N-dealkylation sites (N-methyl/N-ethyl adjacent to an activating group) is 1. The largest absolute Gasteiger partial charge is 0.341 e. The van der Waals surface area contributed by atoms with Crippen LogP contribution in [-0.2, 0) is 4.79 Å². The summed E-state index contributed by atoms with van der Waals surface area (Å²) in [4.78, 5) is 13.0. The highest BCUT2D eigenvalue weighted by atomic mass is 16.2.